The fraction of sp³-hybridized carbons (Fsp3) is 0.417. The van der Waals surface area contributed by atoms with Crippen LogP contribution in [0.1, 0.15) is 19.0 Å². The maximum Gasteiger partial charge on any atom is 0.412 e. The number of amides is 1. The summed E-state index contributed by atoms with van der Waals surface area (Å²) < 4.78 is 44.9. The van der Waals surface area contributed by atoms with Crippen molar-refractivity contribution in [1.82, 2.24) is 10.3 Å². The molecule has 0 fully saturated rings. The Kier molecular flexibility index (Phi) is 4.76. The van der Waals surface area contributed by atoms with Gasteiger partial charge in [0.05, 0.1) is 5.02 Å². The number of carbonyl (C=O) groups is 1. The fourth-order valence-corrected chi connectivity index (χ4v) is 2.72. The van der Waals surface area contributed by atoms with Gasteiger partial charge in [-0.3, -0.25) is 0 Å². The standard InChI is InChI=1S/C12H10BrClF3N3O3/c1-11(8-5(14)2-3-7(13)19-8)4-6(12(15,16)17)18-9(23-11)20-10(21)22/h2-3,6H,4H2,1H3,(H,18,20)(H,21,22)/t6-,11-/m0/s1. The van der Waals surface area contributed by atoms with Crippen molar-refractivity contribution in [1.29, 1.82) is 0 Å². The minimum absolute atomic E-state index is 0.0439. The second-order valence-electron chi connectivity index (χ2n) is 4.92. The highest BCUT2D eigenvalue weighted by Crippen LogP contribution is 2.41. The molecule has 6 nitrogen and oxygen atoms in total. The third-order valence-electron chi connectivity index (χ3n) is 3.08. The molecule has 2 atom stereocenters. The van der Waals surface area contributed by atoms with E-state index in [4.69, 9.17) is 21.4 Å². The summed E-state index contributed by atoms with van der Waals surface area (Å²) >= 11 is 9.12. The minimum Gasteiger partial charge on any atom is -0.465 e. The van der Waals surface area contributed by atoms with E-state index in [1.54, 1.807) is 5.32 Å². The number of pyridine rings is 1. The molecule has 126 valence electrons. The van der Waals surface area contributed by atoms with Gasteiger partial charge >= 0.3 is 12.3 Å². The van der Waals surface area contributed by atoms with Crippen LogP contribution >= 0.6 is 27.5 Å². The Morgan fingerprint density at radius 2 is 2.22 bits per heavy atom. The smallest absolute Gasteiger partial charge is 0.412 e. The van der Waals surface area contributed by atoms with E-state index in [1.807, 2.05) is 0 Å². The summed E-state index contributed by atoms with van der Waals surface area (Å²) in [5.74, 6) is 0. The van der Waals surface area contributed by atoms with Gasteiger partial charge in [0.25, 0.3) is 6.02 Å². The lowest BCUT2D eigenvalue weighted by Gasteiger charge is -2.37. The number of amidine groups is 1. The first kappa shape index (κ1) is 17.8. The third-order valence-corrected chi connectivity index (χ3v) is 3.83. The van der Waals surface area contributed by atoms with Crippen molar-refractivity contribution in [3.05, 3.63) is 27.5 Å². The lowest BCUT2D eigenvalue weighted by molar-refractivity contribution is -0.164. The normalized spacial score (nSPS) is 24.6. The summed E-state index contributed by atoms with van der Waals surface area (Å²) in [5, 5.41) is 10.5. The summed E-state index contributed by atoms with van der Waals surface area (Å²) in [6, 6.07) is 0.0525. The number of aromatic nitrogens is 1. The van der Waals surface area contributed by atoms with Gasteiger partial charge in [0.15, 0.2) is 11.6 Å². The van der Waals surface area contributed by atoms with Crippen LogP contribution in [-0.4, -0.2) is 34.4 Å². The van der Waals surface area contributed by atoms with E-state index in [9.17, 15) is 18.0 Å². The molecule has 11 heteroatoms. The number of nitrogens with one attached hydrogen (secondary N) is 1. The van der Waals surface area contributed by atoms with Crippen molar-refractivity contribution in [3.8, 4) is 0 Å². The average Bonchev–Trinajstić information content (AvgIpc) is 2.39. The third kappa shape index (κ3) is 4.05. The summed E-state index contributed by atoms with van der Waals surface area (Å²) in [7, 11) is 0. The molecule has 2 heterocycles. The number of ether oxygens (including phenoxy) is 1. The topological polar surface area (TPSA) is 83.8 Å². The van der Waals surface area contributed by atoms with Crippen LogP contribution in [0.4, 0.5) is 18.0 Å². The molecule has 2 rings (SSSR count). The number of carboxylic acid groups (broad SMARTS) is 1. The molecule has 0 aromatic carbocycles. The summed E-state index contributed by atoms with van der Waals surface area (Å²) in [4.78, 5) is 18.0. The first-order valence-electron chi connectivity index (χ1n) is 6.17. The maximum absolute atomic E-state index is 13.1. The number of hydrogen-bond acceptors (Lipinski definition) is 4. The van der Waals surface area contributed by atoms with Crippen LogP contribution in [0, 0.1) is 0 Å². The zero-order valence-electron chi connectivity index (χ0n) is 11.5. The van der Waals surface area contributed by atoms with E-state index < -0.39 is 36.4 Å². The Bertz CT molecular complexity index is 671. The van der Waals surface area contributed by atoms with Gasteiger partial charge in [-0.1, -0.05) is 11.6 Å². The van der Waals surface area contributed by atoms with Gasteiger partial charge in [0.2, 0.25) is 0 Å². The lowest BCUT2D eigenvalue weighted by atomic mass is 9.91. The van der Waals surface area contributed by atoms with Gasteiger partial charge in [-0.15, -0.1) is 0 Å². The lowest BCUT2D eigenvalue weighted by Crippen LogP contribution is -2.48. The molecule has 0 unspecified atom stereocenters. The molecule has 1 aliphatic rings. The van der Waals surface area contributed by atoms with Crippen molar-refractivity contribution in [2.24, 2.45) is 4.99 Å². The van der Waals surface area contributed by atoms with Crippen LogP contribution in [0.3, 0.4) is 0 Å². The van der Waals surface area contributed by atoms with Crippen molar-refractivity contribution in [2.45, 2.75) is 31.2 Å². The Balaban J connectivity index is 2.48. The Morgan fingerprint density at radius 1 is 1.57 bits per heavy atom. The van der Waals surface area contributed by atoms with Crippen molar-refractivity contribution in [3.63, 3.8) is 0 Å². The molecule has 1 aliphatic heterocycles. The van der Waals surface area contributed by atoms with E-state index in [0.717, 1.165) is 0 Å². The van der Waals surface area contributed by atoms with Gasteiger partial charge in [-0.25, -0.2) is 20.1 Å². The first-order valence-corrected chi connectivity index (χ1v) is 7.34. The zero-order valence-corrected chi connectivity index (χ0v) is 13.8. The van der Waals surface area contributed by atoms with Crippen molar-refractivity contribution >= 4 is 39.6 Å². The van der Waals surface area contributed by atoms with Gasteiger partial charge in [-0.2, -0.15) is 13.2 Å². The molecule has 0 spiro atoms. The molecule has 2 N–H and O–H groups in total. The Morgan fingerprint density at radius 3 is 2.78 bits per heavy atom. The largest absolute Gasteiger partial charge is 0.465 e. The van der Waals surface area contributed by atoms with Crippen LogP contribution < -0.4 is 5.32 Å². The van der Waals surface area contributed by atoms with E-state index >= 15 is 0 Å². The van der Waals surface area contributed by atoms with E-state index in [1.165, 1.54) is 19.1 Å². The summed E-state index contributed by atoms with van der Waals surface area (Å²) in [6.07, 6.45) is -6.86. The molecule has 1 aromatic rings. The van der Waals surface area contributed by atoms with Crippen LogP contribution in [0.15, 0.2) is 21.7 Å². The van der Waals surface area contributed by atoms with Crippen LogP contribution in [0.5, 0.6) is 0 Å². The number of aliphatic imine (C=N–C) groups is 1. The number of halogens is 5. The van der Waals surface area contributed by atoms with E-state index in [-0.39, 0.29) is 10.7 Å². The molecular weight excluding hydrogens is 407 g/mol. The molecule has 1 aromatic heterocycles. The van der Waals surface area contributed by atoms with Gasteiger partial charge in [0.1, 0.15) is 10.3 Å². The van der Waals surface area contributed by atoms with Crippen LogP contribution in [0.25, 0.3) is 0 Å². The van der Waals surface area contributed by atoms with E-state index in [0.29, 0.717) is 4.60 Å². The molecular formula is C12H10BrClF3N3O3. The Hall–Kier alpha value is -1.55. The predicted molar refractivity (Wildman–Crippen MR) is 78.4 cm³/mol. The second-order valence-corrected chi connectivity index (χ2v) is 6.14. The molecule has 0 radical (unpaired) electrons. The number of nitrogens with zero attached hydrogens (tertiary/aromatic N) is 2. The number of alkyl halides is 3. The van der Waals surface area contributed by atoms with Crippen LogP contribution in [-0.2, 0) is 10.3 Å². The molecule has 1 amide bonds. The number of rotatable bonds is 1. The first-order chi connectivity index (χ1) is 10.5. The highest BCUT2D eigenvalue weighted by Gasteiger charge is 2.50. The van der Waals surface area contributed by atoms with Gasteiger partial charge in [0, 0.05) is 6.42 Å². The van der Waals surface area contributed by atoms with Gasteiger partial charge < -0.3 is 9.84 Å². The average molecular weight is 417 g/mol. The van der Waals surface area contributed by atoms with Crippen LogP contribution in [0.2, 0.25) is 5.02 Å². The molecule has 0 saturated carbocycles. The summed E-state index contributed by atoms with van der Waals surface area (Å²) in [6.45, 7) is 1.34. The van der Waals surface area contributed by atoms with Gasteiger partial charge in [-0.05, 0) is 35.0 Å². The number of hydrogen-bond donors (Lipinski definition) is 2. The molecule has 23 heavy (non-hydrogen) atoms. The quantitative estimate of drug-likeness (QED) is 0.684. The zero-order chi connectivity index (χ0) is 17.4. The maximum atomic E-state index is 13.1. The molecule has 0 aliphatic carbocycles. The predicted octanol–water partition coefficient (Wildman–Crippen LogP) is 3.69. The van der Waals surface area contributed by atoms with E-state index in [2.05, 4.69) is 25.9 Å². The molecule has 0 bridgehead atoms. The fourth-order valence-electron chi connectivity index (χ4n) is 2.11. The monoisotopic (exact) mass is 415 g/mol. The molecule has 0 saturated heterocycles. The second kappa shape index (κ2) is 6.16. The highest BCUT2D eigenvalue weighted by molar-refractivity contribution is 9.10. The Labute approximate surface area is 141 Å². The van der Waals surface area contributed by atoms with Crippen molar-refractivity contribution < 1.29 is 27.8 Å². The summed E-state index contributed by atoms with van der Waals surface area (Å²) in [5.41, 5.74) is -1.57. The highest BCUT2D eigenvalue weighted by atomic mass is 79.9. The van der Waals surface area contributed by atoms with Crippen molar-refractivity contribution in [2.75, 3.05) is 0 Å². The minimum atomic E-state index is -4.67. The SMILES string of the molecule is C[C@@]1(c2nc(Br)ccc2Cl)C[C@@H](C(F)(F)F)N=C(NC(=O)O)O1.